The molecule has 0 bridgehead atoms. The maximum atomic E-state index is 12.6. The minimum atomic E-state index is -3.51. The van der Waals surface area contributed by atoms with Crippen LogP contribution in [0, 0.1) is 0 Å². The smallest absolute Gasteiger partial charge is 0.301 e. The van der Waals surface area contributed by atoms with E-state index >= 15 is 0 Å². The van der Waals surface area contributed by atoms with Crippen LogP contribution in [0.4, 0.5) is 5.69 Å². The molecule has 21 heavy (non-hydrogen) atoms. The molecule has 116 valence electrons. The predicted octanol–water partition coefficient (Wildman–Crippen LogP) is 1.65. The van der Waals surface area contributed by atoms with Gasteiger partial charge < -0.3 is 5.73 Å². The van der Waals surface area contributed by atoms with Crippen LogP contribution >= 0.6 is 0 Å². The van der Waals surface area contributed by atoms with Crippen molar-refractivity contribution in [3.63, 3.8) is 0 Å². The van der Waals surface area contributed by atoms with E-state index < -0.39 is 10.2 Å². The molecule has 1 saturated heterocycles. The summed E-state index contributed by atoms with van der Waals surface area (Å²) in [5.41, 5.74) is 9.00. The molecule has 0 saturated carbocycles. The highest BCUT2D eigenvalue weighted by atomic mass is 32.2. The van der Waals surface area contributed by atoms with Crippen LogP contribution in [0.25, 0.3) is 0 Å². The van der Waals surface area contributed by atoms with Gasteiger partial charge in [-0.25, -0.2) is 0 Å². The number of nitrogens with two attached hydrogens (primary N) is 1. The fraction of sp³-hybridized carbons (Fsp3) is 0.600. The van der Waals surface area contributed by atoms with E-state index in [-0.39, 0.29) is 6.04 Å². The normalized spacial score (nSPS) is 23.0. The quantitative estimate of drug-likeness (QED) is 0.888. The van der Waals surface area contributed by atoms with Crippen LogP contribution in [-0.2, 0) is 23.1 Å². The molecule has 2 aliphatic rings. The number of fused-ring (bicyclic) bond motifs is 1. The van der Waals surface area contributed by atoms with E-state index in [1.165, 1.54) is 15.4 Å². The maximum Gasteiger partial charge on any atom is 0.301 e. The minimum Gasteiger partial charge on any atom is -0.329 e. The number of aryl methyl sites for hydroxylation is 2. The number of hydrogen-bond donors (Lipinski definition) is 2. The Morgan fingerprint density at radius 1 is 1.19 bits per heavy atom. The van der Waals surface area contributed by atoms with Crippen molar-refractivity contribution in [3.8, 4) is 0 Å². The molecule has 5 nitrogen and oxygen atoms in total. The van der Waals surface area contributed by atoms with Gasteiger partial charge in [-0.05, 0) is 55.4 Å². The summed E-state index contributed by atoms with van der Waals surface area (Å²) in [6.07, 6.45) is 6.10. The van der Waals surface area contributed by atoms with E-state index in [1.807, 2.05) is 18.2 Å². The second kappa shape index (κ2) is 5.94. The molecule has 6 heteroatoms. The van der Waals surface area contributed by atoms with E-state index in [2.05, 4.69) is 4.72 Å². The topological polar surface area (TPSA) is 75.4 Å². The number of rotatable bonds is 4. The summed E-state index contributed by atoms with van der Waals surface area (Å²) in [6.45, 7) is 0.938. The predicted molar refractivity (Wildman–Crippen MR) is 84.4 cm³/mol. The van der Waals surface area contributed by atoms with Crippen LogP contribution in [0.5, 0.6) is 0 Å². The molecular weight excluding hydrogens is 286 g/mol. The van der Waals surface area contributed by atoms with E-state index in [0.29, 0.717) is 18.8 Å². The van der Waals surface area contributed by atoms with E-state index in [9.17, 15) is 8.42 Å². The molecule has 0 aromatic heterocycles. The highest BCUT2D eigenvalue weighted by Gasteiger charge is 2.31. The molecule has 1 fully saturated rings. The van der Waals surface area contributed by atoms with Gasteiger partial charge in [-0.2, -0.15) is 12.7 Å². The molecular formula is C15H23N3O2S. The van der Waals surface area contributed by atoms with Crippen LogP contribution in [-0.4, -0.2) is 31.9 Å². The largest absolute Gasteiger partial charge is 0.329 e. The standard InChI is InChI=1S/C15H23N3O2S/c16-11-15-6-1-2-9-18(15)21(19,20)17-14-8-7-12-4-3-5-13(12)10-14/h7-8,10,15,17H,1-6,9,11,16H2. The number of hydrogen-bond acceptors (Lipinski definition) is 3. The number of anilines is 1. The minimum absolute atomic E-state index is 0.0781. The zero-order chi connectivity index (χ0) is 14.9. The average Bonchev–Trinajstić information content (AvgIpc) is 2.94. The Kier molecular flexibility index (Phi) is 4.19. The third kappa shape index (κ3) is 3.07. The number of nitrogens with zero attached hydrogens (tertiary/aromatic N) is 1. The molecule has 3 N–H and O–H groups in total. The molecule has 3 rings (SSSR count). The lowest BCUT2D eigenvalue weighted by Gasteiger charge is -2.33. The van der Waals surface area contributed by atoms with Gasteiger partial charge in [-0.1, -0.05) is 12.5 Å². The van der Waals surface area contributed by atoms with Crippen molar-refractivity contribution in [2.45, 2.75) is 44.6 Å². The van der Waals surface area contributed by atoms with Crippen LogP contribution in [0.1, 0.15) is 36.8 Å². The highest BCUT2D eigenvalue weighted by Crippen LogP contribution is 2.27. The van der Waals surface area contributed by atoms with Crippen LogP contribution < -0.4 is 10.5 Å². The van der Waals surface area contributed by atoms with Crippen LogP contribution in [0.15, 0.2) is 18.2 Å². The lowest BCUT2D eigenvalue weighted by molar-refractivity contribution is 0.259. The molecule has 1 aromatic carbocycles. The van der Waals surface area contributed by atoms with Crippen molar-refractivity contribution in [2.75, 3.05) is 17.8 Å². The Hall–Kier alpha value is -1.11. The Balaban J connectivity index is 1.79. The van der Waals surface area contributed by atoms with Gasteiger partial charge in [0, 0.05) is 19.1 Å². The summed E-state index contributed by atoms with van der Waals surface area (Å²) in [7, 11) is -3.51. The van der Waals surface area contributed by atoms with Gasteiger partial charge in [0.05, 0.1) is 5.69 Å². The summed E-state index contributed by atoms with van der Waals surface area (Å²) in [5, 5.41) is 0. The van der Waals surface area contributed by atoms with Gasteiger partial charge in [0.1, 0.15) is 0 Å². The van der Waals surface area contributed by atoms with Gasteiger partial charge in [0.15, 0.2) is 0 Å². The second-order valence-corrected chi connectivity index (χ2v) is 7.56. The third-order valence-electron chi connectivity index (χ3n) is 4.50. The van der Waals surface area contributed by atoms with Crippen LogP contribution in [0.2, 0.25) is 0 Å². The maximum absolute atomic E-state index is 12.6. The highest BCUT2D eigenvalue weighted by molar-refractivity contribution is 7.90. The molecule has 1 atom stereocenters. The molecule has 0 amide bonds. The summed E-state index contributed by atoms with van der Waals surface area (Å²) in [4.78, 5) is 0. The Morgan fingerprint density at radius 2 is 2.00 bits per heavy atom. The monoisotopic (exact) mass is 309 g/mol. The second-order valence-electron chi connectivity index (χ2n) is 5.94. The van der Waals surface area contributed by atoms with Crippen molar-refractivity contribution in [1.82, 2.24) is 4.31 Å². The molecule has 1 aliphatic heterocycles. The SMILES string of the molecule is NCC1CCCCN1S(=O)(=O)Nc1ccc2c(c1)CCC2. The Bertz CT molecular complexity index is 615. The van der Waals surface area contributed by atoms with Crippen molar-refractivity contribution in [3.05, 3.63) is 29.3 Å². The zero-order valence-electron chi connectivity index (χ0n) is 12.2. The first-order valence-corrected chi connectivity index (χ1v) is 9.15. The molecule has 1 heterocycles. The molecule has 1 unspecified atom stereocenters. The summed E-state index contributed by atoms with van der Waals surface area (Å²) >= 11 is 0. The van der Waals surface area contributed by atoms with E-state index in [1.54, 1.807) is 0 Å². The molecule has 1 aliphatic carbocycles. The van der Waals surface area contributed by atoms with Gasteiger partial charge in [0.25, 0.3) is 0 Å². The van der Waals surface area contributed by atoms with Gasteiger partial charge in [0.2, 0.25) is 0 Å². The third-order valence-corrected chi connectivity index (χ3v) is 6.09. The molecule has 0 radical (unpaired) electrons. The average molecular weight is 309 g/mol. The van der Waals surface area contributed by atoms with Crippen molar-refractivity contribution in [1.29, 1.82) is 0 Å². The van der Waals surface area contributed by atoms with Gasteiger partial charge in [-0.3, -0.25) is 4.72 Å². The first kappa shape index (κ1) is 14.8. The Labute approximate surface area is 126 Å². The first-order valence-electron chi connectivity index (χ1n) is 7.71. The zero-order valence-corrected chi connectivity index (χ0v) is 13.0. The fourth-order valence-corrected chi connectivity index (χ4v) is 4.86. The van der Waals surface area contributed by atoms with Gasteiger partial charge in [-0.15, -0.1) is 0 Å². The summed E-state index contributed by atoms with van der Waals surface area (Å²) in [6, 6.07) is 5.80. The van der Waals surface area contributed by atoms with Crippen molar-refractivity contribution in [2.24, 2.45) is 5.73 Å². The van der Waals surface area contributed by atoms with Crippen molar-refractivity contribution >= 4 is 15.9 Å². The Morgan fingerprint density at radius 3 is 2.81 bits per heavy atom. The van der Waals surface area contributed by atoms with E-state index in [4.69, 9.17) is 5.73 Å². The first-order chi connectivity index (χ1) is 10.1. The lowest BCUT2D eigenvalue weighted by atomic mass is 10.1. The van der Waals surface area contributed by atoms with Gasteiger partial charge >= 0.3 is 10.2 Å². The van der Waals surface area contributed by atoms with Crippen molar-refractivity contribution < 1.29 is 8.42 Å². The summed E-state index contributed by atoms with van der Waals surface area (Å²) in [5.74, 6) is 0. The lowest BCUT2D eigenvalue weighted by Crippen LogP contribution is -2.49. The summed E-state index contributed by atoms with van der Waals surface area (Å²) < 4.78 is 29.4. The molecule has 1 aromatic rings. The number of nitrogens with one attached hydrogen (secondary N) is 1. The fourth-order valence-electron chi connectivity index (χ4n) is 3.37. The van der Waals surface area contributed by atoms with E-state index in [0.717, 1.165) is 38.5 Å². The number of benzene rings is 1. The number of piperidine rings is 1. The molecule has 0 spiro atoms. The van der Waals surface area contributed by atoms with Crippen LogP contribution in [0.3, 0.4) is 0 Å².